The number of aromatic amines is 1. The molecule has 0 saturated carbocycles. The van der Waals surface area contributed by atoms with Crippen LogP contribution < -0.4 is 11.1 Å². The van der Waals surface area contributed by atoms with Crippen LogP contribution in [-0.4, -0.2) is 9.97 Å². The van der Waals surface area contributed by atoms with Crippen molar-refractivity contribution in [2.75, 3.05) is 11.1 Å². The van der Waals surface area contributed by atoms with Crippen molar-refractivity contribution in [3.05, 3.63) is 48.0 Å². The van der Waals surface area contributed by atoms with Crippen molar-refractivity contribution in [1.29, 1.82) is 0 Å². The molecule has 0 spiro atoms. The lowest BCUT2D eigenvalue weighted by Crippen LogP contribution is -1.97. The SMILES string of the molecule is CCCc1ccccc1Nc1nc2ccc(N)cc2[nH]1. The number of hydrogen-bond donors (Lipinski definition) is 3. The lowest BCUT2D eigenvalue weighted by molar-refractivity contribution is 0.923. The van der Waals surface area contributed by atoms with Gasteiger partial charge in [0.25, 0.3) is 0 Å². The van der Waals surface area contributed by atoms with E-state index < -0.39 is 0 Å². The Morgan fingerprint density at radius 1 is 1.20 bits per heavy atom. The maximum atomic E-state index is 5.78. The Kier molecular flexibility index (Phi) is 3.29. The van der Waals surface area contributed by atoms with E-state index in [0.717, 1.165) is 41.2 Å². The fourth-order valence-electron chi connectivity index (χ4n) is 2.34. The van der Waals surface area contributed by atoms with Gasteiger partial charge in [0.2, 0.25) is 5.95 Å². The number of nitrogen functional groups attached to an aromatic ring is 1. The zero-order valence-electron chi connectivity index (χ0n) is 11.5. The Morgan fingerprint density at radius 3 is 2.90 bits per heavy atom. The molecule has 0 saturated heterocycles. The topological polar surface area (TPSA) is 66.7 Å². The Morgan fingerprint density at radius 2 is 2.05 bits per heavy atom. The molecule has 4 nitrogen and oxygen atoms in total. The summed E-state index contributed by atoms with van der Waals surface area (Å²) >= 11 is 0. The van der Waals surface area contributed by atoms with Crippen LogP contribution in [0.25, 0.3) is 11.0 Å². The van der Waals surface area contributed by atoms with Crippen LogP contribution in [0, 0.1) is 0 Å². The van der Waals surface area contributed by atoms with Crippen LogP contribution in [0.5, 0.6) is 0 Å². The predicted octanol–water partition coefficient (Wildman–Crippen LogP) is 3.84. The second-order valence-corrected chi connectivity index (χ2v) is 4.89. The summed E-state index contributed by atoms with van der Waals surface area (Å²) in [7, 11) is 0. The molecule has 0 aliphatic carbocycles. The number of H-pyrrole nitrogens is 1. The van der Waals surface area contributed by atoms with Gasteiger partial charge in [0.1, 0.15) is 0 Å². The first-order chi connectivity index (χ1) is 9.76. The number of imidazole rings is 1. The highest BCUT2D eigenvalue weighted by atomic mass is 15.1. The fourth-order valence-corrected chi connectivity index (χ4v) is 2.34. The summed E-state index contributed by atoms with van der Waals surface area (Å²) in [5.41, 5.74) is 10.8. The quantitative estimate of drug-likeness (QED) is 0.628. The Bertz CT molecular complexity index is 730. The molecule has 4 heteroatoms. The van der Waals surface area contributed by atoms with Gasteiger partial charge in [0, 0.05) is 11.4 Å². The summed E-state index contributed by atoms with van der Waals surface area (Å²) < 4.78 is 0. The molecular weight excluding hydrogens is 248 g/mol. The Balaban J connectivity index is 1.93. The first-order valence-corrected chi connectivity index (χ1v) is 6.86. The minimum atomic E-state index is 0.735. The van der Waals surface area contributed by atoms with Crippen molar-refractivity contribution in [2.45, 2.75) is 19.8 Å². The molecule has 0 atom stereocenters. The van der Waals surface area contributed by atoms with Gasteiger partial charge in [-0.15, -0.1) is 0 Å². The molecule has 3 aromatic rings. The summed E-state index contributed by atoms with van der Waals surface area (Å²) in [5, 5.41) is 3.36. The third-order valence-corrected chi connectivity index (χ3v) is 3.30. The van der Waals surface area contributed by atoms with E-state index >= 15 is 0 Å². The van der Waals surface area contributed by atoms with Crippen molar-refractivity contribution in [1.82, 2.24) is 9.97 Å². The third-order valence-electron chi connectivity index (χ3n) is 3.30. The second kappa shape index (κ2) is 5.25. The van der Waals surface area contributed by atoms with Crippen molar-refractivity contribution >= 4 is 28.4 Å². The summed E-state index contributed by atoms with van der Waals surface area (Å²) in [6.45, 7) is 2.18. The smallest absolute Gasteiger partial charge is 0.205 e. The number of nitrogens with zero attached hydrogens (tertiary/aromatic N) is 1. The molecule has 1 heterocycles. The van der Waals surface area contributed by atoms with Crippen molar-refractivity contribution in [2.24, 2.45) is 0 Å². The summed E-state index contributed by atoms with van der Waals surface area (Å²) in [4.78, 5) is 7.78. The van der Waals surface area contributed by atoms with Crippen LogP contribution in [0.15, 0.2) is 42.5 Å². The molecule has 0 fully saturated rings. The zero-order valence-corrected chi connectivity index (χ0v) is 11.5. The van der Waals surface area contributed by atoms with Gasteiger partial charge in [-0.3, -0.25) is 0 Å². The van der Waals surface area contributed by atoms with Crippen LogP contribution in [-0.2, 0) is 6.42 Å². The van der Waals surface area contributed by atoms with Gasteiger partial charge in [-0.05, 0) is 36.2 Å². The van der Waals surface area contributed by atoms with Gasteiger partial charge in [0.15, 0.2) is 0 Å². The van der Waals surface area contributed by atoms with Gasteiger partial charge in [0.05, 0.1) is 11.0 Å². The summed E-state index contributed by atoms with van der Waals surface area (Å²) in [6, 6.07) is 14.0. The number of nitrogens with two attached hydrogens (primary N) is 1. The molecule has 3 rings (SSSR count). The molecule has 0 aliphatic rings. The maximum absolute atomic E-state index is 5.78. The highest BCUT2D eigenvalue weighted by Crippen LogP contribution is 2.23. The Hall–Kier alpha value is -2.49. The van der Waals surface area contributed by atoms with Gasteiger partial charge in [-0.1, -0.05) is 31.5 Å². The summed E-state index contributed by atoms with van der Waals surface area (Å²) in [6.07, 6.45) is 2.17. The third kappa shape index (κ3) is 2.45. The second-order valence-electron chi connectivity index (χ2n) is 4.89. The maximum Gasteiger partial charge on any atom is 0.205 e. The molecule has 0 bridgehead atoms. The van der Waals surface area contributed by atoms with Crippen LogP contribution >= 0.6 is 0 Å². The monoisotopic (exact) mass is 266 g/mol. The first-order valence-electron chi connectivity index (χ1n) is 6.86. The van der Waals surface area contributed by atoms with Crippen molar-refractivity contribution in [3.8, 4) is 0 Å². The van der Waals surface area contributed by atoms with Gasteiger partial charge in [-0.2, -0.15) is 0 Å². The minimum absolute atomic E-state index is 0.735. The molecule has 2 aromatic carbocycles. The molecule has 0 radical (unpaired) electrons. The highest BCUT2D eigenvalue weighted by Gasteiger charge is 2.05. The molecule has 4 N–H and O–H groups in total. The van der Waals surface area contributed by atoms with Crippen LogP contribution in [0.4, 0.5) is 17.3 Å². The molecular formula is C16H18N4. The van der Waals surface area contributed by atoms with Crippen molar-refractivity contribution < 1.29 is 0 Å². The van der Waals surface area contributed by atoms with E-state index in [1.54, 1.807) is 0 Å². The lowest BCUT2D eigenvalue weighted by Gasteiger charge is -2.08. The molecule has 0 aliphatic heterocycles. The average molecular weight is 266 g/mol. The molecule has 0 unspecified atom stereocenters. The summed E-state index contributed by atoms with van der Waals surface area (Å²) in [5.74, 6) is 0.745. The number of benzene rings is 2. The normalized spacial score (nSPS) is 10.8. The van der Waals surface area contributed by atoms with Crippen LogP contribution in [0.1, 0.15) is 18.9 Å². The standard InChI is InChI=1S/C16H18N4/c1-2-5-11-6-3-4-7-13(11)18-16-19-14-9-8-12(17)10-15(14)20-16/h3-4,6-10H,2,5,17H2,1H3,(H2,18,19,20). The highest BCUT2D eigenvalue weighted by molar-refractivity contribution is 5.81. The molecule has 20 heavy (non-hydrogen) atoms. The van der Waals surface area contributed by atoms with E-state index in [9.17, 15) is 0 Å². The number of para-hydroxylation sites is 1. The predicted molar refractivity (Wildman–Crippen MR) is 84.2 cm³/mol. The van der Waals surface area contributed by atoms with Crippen LogP contribution in [0.3, 0.4) is 0 Å². The van der Waals surface area contributed by atoms with Gasteiger partial charge in [-0.25, -0.2) is 4.98 Å². The number of rotatable bonds is 4. The molecule has 102 valence electrons. The zero-order chi connectivity index (χ0) is 13.9. The largest absolute Gasteiger partial charge is 0.399 e. The van der Waals surface area contributed by atoms with Gasteiger partial charge >= 0.3 is 0 Å². The van der Waals surface area contributed by atoms with E-state index in [1.807, 2.05) is 24.3 Å². The van der Waals surface area contributed by atoms with Crippen LogP contribution in [0.2, 0.25) is 0 Å². The number of aromatic nitrogens is 2. The number of hydrogen-bond acceptors (Lipinski definition) is 3. The van der Waals surface area contributed by atoms with E-state index in [-0.39, 0.29) is 0 Å². The van der Waals surface area contributed by atoms with E-state index in [2.05, 4.69) is 40.4 Å². The number of aryl methyl sites for hydroxylation is 1. The lowest BCUT2D eigenvalue weighted by atomic mass is 10.1. The number of fused-ring (bicyclic) bond motifs is 1. The van der Waals surface area contributed by atoms with Gasteiger partial charge < -0.3 is 16.0 Å². The first kappa shape index (κ1) is 12.5. The molecule has 0 amide bonds. The van der Waals surface area contributed by atoms with E-state index in [1.165, 1.54) is 5.56 Å². The van der Waals surface area contributed by atoms with E-state index in [4.69, 9.17) is 5.73 Å². The fraction of sp³-hybridized carbons (Fsp3) is 0.188. The minimum Gasteiger partial charge on any atom is -0.399 e. The number of anilines is 3. The van der Waals surface area contributed by atoms with E-state index in [0.29, 0.717) is 0 Å². The molecule has 1 aromatic heterocycles. The number of nitrogens with one attached hydrogen (secondary N) is 2. The van der Waals surface area contributed by atoms with Crippen molar-refractivity contribution in [3.63, 3.8) is 0 Å². The Labute approximate surface area is 118 Å². The average Bonchev–Trinajstić information content (AvgIpc) is 2.82.